The summed E-state index contributed by atoms with van der Waals surface area (Å²) >= 11 is 1.23. The molecule has 8 heteroatoms. The number of aryl methyl sites for hydroxylation is 1. The minimum Gasteiger partial charge on any atom is -0.481 e. The van der Waals surface area contributed by atoms with Crippen molar-refractivity contribution in [2.24, 2.45) is 5.92 Å². The molecule has 2 rings (SSSR count). The summed E-state index contributed by atoms with van der Waals surface area (Å²) in [5.74, 6) is -0.367. The van der Waals surface area contributed by atoms with Gasteiger partial charge >= 0.3 is 5.97 Å². The summed E-state index contributed by atoms with van der Waals surface area (Å²) in [4.78, 5) is 14.5. The van der Waals surface area contributed by atoms with Gasteiger partial charge in [-0.3, -0.25) is 9.52 Å². The third kappa shape index (κ3) is 5.15. The van der Waals surface area contributed by atoms with Crippen molar-refractivity contribution in [3.05, 3.63) is 11.1 Å². The van der Waals surface area contributed by atoms with Crippen LogP contribution in [-0.2, 0) is 21.2 Å². The van der Waals surface area contributed by atoms with E-state index in [1.54, 1.807) is 5.38 Å². The number of hydrogen-bond acceptors (Lipinski definition) is 5. The van der Waals surface area contributed by atoms with Crippen LogP contribution in [0.3, 0.4) is 0 Å². The highest BCUT2D eigenvalue weighted by Crippen LogP contribution is 2.31. The maximum absolute atomic E-state index is 11.7. The molecule has 1 fully saturated rings. The molecule has 19 heavy (non-hydrogen) atoms. The van der Waals surface area contributed by atoms with Crippen LogP contribution in [0.15, 0.2) is 5.38 Å². The van der Waals surface area contributed by atoms with Gasteiger partial charge in [0.05, 0.1) is 11.4 Å². The van der Waals surface area contributed by atoms with Crippen LogP contribution in [0, 0.1) is 5.92 Å². The first-order valence-electron chi connectivity index (χ1n) is 6.11. The van der Waals surface area contributed by atoms with Crippen LogP contribution in [0.5, 0.6) is 0 Å². The van der Waals surface area contributed by atoms with Crippen LogP contribution in [0.25, 0.3) is 0 Å². The zero-order valence-electron chi connectivity index (χ0n) is 10.3. The van der Waals surface area contributed by atoms with E-state index in [1.165, 1.54) is 11.3 Å². The van der Waals surface area contributed by atoms with Gasteiger partial charge in [0.15, 0.2) is 5.13 Å². The lowest BCUT2D eigenvalue weighted by molar-refractivity contribution is -0.137. The van der Waals surface area contributed by atoms with Crippen molar-refractivity contribution in [3.8, 4) is 0 Å². The highest BCUT2D eigenvalue weighted by molar-refractivity contribution is 7.92. The average Bonchev–Trinajstić information content (AvgIpc) is 2.97. The fourth-order valence-corrected chi connectivity index (χ4v) is 4.17. The lowest BCUT2D eigenvalue weighted by Crippen LogP contribution is -2.17. The Labute approximate surface area is 115 Å². The van der Waals surface area contributed by atoms with Gasteiger partial charge in [0.1, 0.15) is 0 Å². The number of thiazole rings is 1. The van der Waals surface area contributed by atoms with E-state index in [2.05, 4.69) is 9.71 Å². The van der Waals surface area contributed by atoms with Gasteiger partial charge in [-0.1, -0.05) is 0 Å². The molecule has 1 aromatic heterocycles. The van der Waals surface area contributed by atoms with Gasteiger partial charge in [0.25, 0.3) is 0 Å². The summed E-state index contributed by atoms with van der Waals surface area (Å²) in [6.45, 7) is 0. The van der Waals surface area contributed by atoms with Crippen LogP contribution in [0.1, 0.15) is 31.4 Å². The van der Waals surface area contributed by atoms with Gasteiger partial charge in [-0.2, -0.15) is 0 Å². The first-order valence-corrected chi connectivity index (χ1v) is 8.64. The van der Waals surface area contributed by atoms with Crippen molar-refractivity contribution in [2.45, 2.75) is 32.1 Å². The summed E-state index contributed by atoms with van der Waals surface area (Å²) in [5.41, 5.74) is 0.732. The molecular formula is C11H16N2O4S2. The third-order valence-electron chi connectivity index (χ3n) is 2.77. The van der Waals surface area contributed by atoms with E-state index in [0.29, 0.717) is 23.9 Å². The Bertz CT molecular complexity index is 549. The second-order valence-electron chi connectivity index (χ2n) is 4.72. The standard InChI is InChI=1S/C11H16N2O4S2/c14-10(15)3-1-2-9-6-18-11(12-9)13-19(16,17)7-8-4-5-8/h6,8H,1-5,7H2,(H,12,13)(H,14,15). The number of nitrogens with zero attached hydrogens (tertiary/aromatic N) is 1. The number of aliphatic carboxylic acids is 1. The summed E-state index contributed by atoms with van der Waals surface area (Å²) < 4.78 is 26.0. The molecule has 1 aromatic rings. The topological polar surface area (TPSA) is 96.4 Å². The van der Waals surface area contributed by atoms with E-state index in [1.807, 2.05) is 0 Å². The van der Waals surface area contributed by atoms with Crippen molar-refractivity contribution in [3.63, 3.8) is 0 Å². The molecule has 6 nitrogen and oxygen atoms in total. The molecule has 1 saturated carbocycles. The van der Waals surface area contributed by atoms with Crippen LogP contribution in [0.2, 0.25) is 0 Å². The van der Waals surface area contributed by atoms with E-state index in [4.69, 9.17) is 5.11 Å². The number of hydrogen-bond donors (Lipinski definition) is 2. The number of carboxylic acids is 1. The highest BCUT2D eigenvalue weighted by Gasteiger charge is 2.28. The lowest BCUT2D eigenvalue weighted by Gasteiger charge is -2.03. The Hall–Kier alpha value is -1.15. The van der Waals surface area contributed by atoms with E-state index in [-0.39, 0.29) is 12.2 Å². The van der Waals surface area contributed by atoms with Crippen LogP contribution in [0.4, 0.5) is 5.13 Å². The van der Waals surface area contributed by atoms with Crippen molar-refractivity contribution < 1.29 is 18.3 Å². The van der Waals surface area contributed by atoms with Crippen molar-refractivity contribution >= 4 is 32.5 Å². The van der Waals surface area contributed by atoms with E-state index in [9.17, 15) is 13.2 Å². The van der Waals surface area contributed by atoms with Gasteiger partial charge in [-0.05, 0) is 31.6 Å². The summed E-state index contributed by atoms with van der Waals surface area (Å²) in [5, 5.41) is 10.7. The Morgan fingerprint density at radius 2 is 2.26 bits per heavy atom. The lowest BCUT2D eigenvalue weighted by atomic mass is 10.2. The molecule has 106 valence electrons. The molecule has 0 radical (unpaired) electrons. The number of sulfonamides is 1. The number of anilines is 1. The zero-order chi connectivity index (χ0) is 13.9. The molecule has 0 amide bonds. The normalized spacial score (nSPS) is 15.4. The van der Waals surface area contributed by atoms with Gasteiger partial charge in [-0.25, -0.2) is 13.4 Å². The maximum Gasteiger partial charge on any atom is 0.303 e. The monoisotopic (exact) mass is 304 g/mol. The maximum atomic E-state index is 11.7. The highest BCUT2D eigenvalue weighted by atomic mass is 32.2. The molecular weight excluding hydrogens is 288 g/mol. The van der Waals surface area contributed by atoms with E-state index >= 15 is 0 Å². The minimum atomic E-state index is -3.29. The Morgan fingerprint density at radius 1 is 1.53 bits per heavy atom. The first kappa shape index (κ1) is 14.3. The van der Waals surface area contributed by atoms with E-state index in [0.717, 1.165) is 18.5 Å². The summed E-state index contributed by atoms with van der Waals surface area (Å²) in [6, 6.07) is 0. The molecule has 0 atom stereocenters. The smallest absolute Gasteiger partial charge is 0.303 e. The predicted octanol–water partition coefficient (Wildman–Crippen LogP) is 1.70. The largest absolute Gasteiger partial charge is 0.481 e. The molecule has 0 aromatic carbocycles. The predicted molar refractivity (Wildman–Crippen MR) is 72.8 cm³/mol. The summed E-state index contributed by atoms with van der Waals surface area (Å²) in [6.07, 6.45) is 3.12. The number of carbonyl (C=O) groups is 1. The van der Waals surface area contributed by atoms with E-state index < -0.39 is 16.0 Å². The summed E-state index contributed by atoms with van der Waals surface area (Å²) in [7, 11) is -3.29. The molecule has 1 aliphatic rings. The quantitative estimate of drug-likeness (QED) is 0.762. The SMILES string of the molecule is O=C(O)CCCc1csc(NS(=O)(=O)CC2CC2)n1. The fraction of sp³-hybridized carbons (Fsp3) is 0.636. The number of carboxylic acid groups (broad SMARTS) is 1. The van der Waals surface area contributed by atoms with Gasteiger partial charge in [-0.15, -0.1) is 11.3 Å². The molecule has 0 spiro atoms. The number of aromatic nitrogens is 1. The third-order valence-corrected chi connectivity index (χ3v) is 5.12. The van der Waals surface area contributed by atoms with Crippen molar-refractivity contribution in [1.29, 1.82) is 0 Å². The number of rotatable bonds is 8. The molecule has 0 saturated heterocycles. The van der Waals surface area contributed by atoms with Crippen molar-refractivity contribution in [2.75, 3.05) is 10.5 Å². The second-order valence-corrected chi connectivity index (χ2v) is 7.34. The minimum absolute atomic E-state index is 0.0975. The second kappa shape index (κ2) is 5.87. The molecule has 1 aliphatic carbocycles. The van der Waals surface area contributed by atoms with Crippen LogP contribution in [-0.4, -0.2) is 30.2 Å². The zero-order valence-corrected chi connectivity index (χ0v) is 12.0. The average molecular weight is 304 g/mol. The van der Waals surface area contributed by atoms with Crippen molar-refractivity contribution in [1.82, 2.24) is 4.98 Å². The Morgan fingerprint density at radius 3 is 2.89 bits per heavy atom. The Kier molecular flexibility index (Phi) is 4.41. The molecule has 2 N–H and O–H groups in total. The number of nitrogens with one attached hydrogen (secondary N) is 1. The van der Waals surface area contributed by atoms with Crippen LogP contribution >= 0.6 is 11.3 Å². The Balaban J connectivity index is 1.84. The molecule has 0 aliphatic heterocycles. The molecule has 0 bridgehead atoms. The fourth-order valence-electron chi connectivity index (χ4n) is 1.66. The molecule has 1 heterocycles. The van der Waals surface area contributed by atoms with Gasteiger partial charge < -0.3 is 5.11 Å². The molecule has 0 unspecified atom stereocenters. The first-order chi connectivity index (χ1) is 8.94. The van der Waals surface area contributed by atoms with Crippen LogP contribution < -0.4 is 4.72 Å². The van der Waals surface area contributed by atoms with Gasteiger partial charge in [0, 0.05) is 11.8 Å². The van der Waals surface area contributed by atoms with Gasteiger partial charge in [0.2, 0.25) is 10.0 Å².